The van der Waals surface area contributed by atoms with Crippen LogP contribution in [-0.2, 0) is 4.79 Å². The van der Waals surface area contributed by atoms with E-state index >= 15 is 0 Å². The second-order valence-corrected chi connectivity index (χ2v) is 9.31. The van der Waals surface area contributed by atoms with Crippen LogP contribution in [0.2, 0.25) is 0 Å². The summed E-state index contributed by atoms with van der Waals surface area (Å²) in [6.07, 6.45) is 8.61. The summed E-state index contributed by atoms with van der Waals surface area (Å²) in [5.41, 5.74) is 0.232. The maximum absolute atomic E-state index is 12.4. The first kappa shape index (κ1) is 15.8. The lowest BCUT2D eigenvalue weighted by Gasteiger charge is -2.58. The first-order chi connectivity index (χ1) is 10.7. The van der Waals surface area contributed by atoms with Gasteiger partial charge in [-0.05, 0) is 68.6 Å². The van der Waals surface area contributed by atoms with Crippen molar-refractivity contribution < 1.29 is 15.0 Å². The van der Waals surface area contributed by atoms with E-state index in [1.54, 1.807) is 6.92 Å². The molecule has 4 rings (SSSR count). The Labute approximate surface area is 139 Å². The smallest absolute Gasteiger partial charge is 0.164 e. The fourth-order valence-corrected chi connectivity index (χ4v) is 6.66. The predicted octanol–water partition coefficient (Wildman–Crippen LogP) is 3.24. The minimum Gasteiger partial charge on any atom is -0.393 e. The molecule has 3 saturated carbocycles. The highest BCUT2D eigenvalue weighted by Gasteiger charge is 2.65. The molecule has 3 heteroatoms. The average Bonchev–Trinajstić information content (AvgIpc) is 2.67. The second kappa shape index (κ2) is 4.70. The Hall–Kier alpha value is -0.670. The molecule has 23 heavy (non-hydrogen) atoms. The fraction of sp³-hybridized carbons (Fsp3) is 0.850. The normalized spacial score (nSPS) is 55.7. The average molecular weight is 318 g/mol. The summed E-state index contributed by atoms with van der Waals surface area (Å²) in [4.78, 5) is 12.4. The number of aliphatic hydroxyl groups excluding tert-OH is 1. The Morgan fingerprint density at radius 1 is 1.09 bits per heavy atom. The van der Waals surface area contributed by atoms with E-state index in [1.807, 2.05) is 0 Å². The highest BCUT2D eigenvalue weighted by Crippen LogP contribution is 2.66. The van der Waals surface area contributed by atoms with Gasteiger partial charge >= 0.3 is 0 Å². The Balaban J connectivity index is 1.71. The second-order valence-electron chi connectivity index (χ2n) is 9.31. The SMILES string of the molecule is C[C@]12CC[C@H](O)CC1=CC[C@@H]1[C@@H]2CC[C@@]2(C)[C@H]1CC(=O)[C@@]2(C)O. The molecule has 0 aliphatic heterocycles. The molecule has 0 amide bonds. The molecule has 3 fully saturated rings. The van der Waals surface area contributed by atoms with Crippen LogP contribution in [0.3, 0.4) is 0 Å². The molecule has 0 aromatic rings. The summed E-state index contributed by atoms with van der Waals surface area (Å²) in [5.74, 6) is 1.47. The van der Waals surface area contributed by atoms with Crippen molar-refractivity contribution in [1.82, 2.24) is 0 Å². The van der Waals surface area contributed by atoms with Crippen LogP contribution >= 0.6 is 0 Å². The molecule has 128 valence electrons. The zero-order valence-corrected chi connectivity index (χ0v) is 14.6. The number of hydrogen-bond donors (Lipinski definition) is 2. The Morgan fingerprint density at radius 2 is 1.83 bits per heavy atom. The predicted molar refractivity (Wildman–Crippen MR) is 88.7 cm³/mol. The van der Waals surface area contributed by atoms with Crippen LogP contribution in [-0.4, -0.2) is 27.7 Å². The van der Waals surface area contributed by atoms with E-state index in [2.05, 4.69) is 19.9 Å². The van der Waals surface area contributed by atoms with E-state index in [0.717, 1.165) is 38.5 Å². The topological polar surface area (TPSA) is 57.5 Å². The number of rotatable bonds is 0. The van der Waals surface area contributed by atoms with Crippen LogP contribution in [0.25, 0.3) is 0 Å². The van der Waals surface area contributed by atoms with E-state index in [1.165, 1.54) is 5.57 Å². The van der Waals surface area contributed by atoms with Crippen LogP contribution in [0, 0.1) is 28.6 Å². The van der Waals surface area contributed by atoms with E-state index in [4.69, 9.17) is 0 Å². The number of Topliss-reactive ketones (excluding diaryl/α,β-unsaturated/α-hetero) is 1. The zero-order valence-electron chi connectivity index (χ0n) is 14.6. The lowest BCUT2D eigenvalue weighted by molar-refractivity contribution is -0.147. The van der Waals surface area contributed by atoms with Crippen molar-refractivity contribution in [2.24, 2.45) is 28.6 Å². The van der Waals surface area contributed by atoms with Crippen molar-refractivity contribution in [3.8, 4) is 0 Å². The minimum absolute atomic E-state index is 0.0460. The van der Waals surface area contributed by atoms with E-state index in [9.17, 15) is 15.0 Å². The zero-order chi connectivity index (χ0) is 16.6. The lowest BCUT2D eigenvalue weighted by atomic mass is 9.47. The van der Waals surface area contributed by atoms with Gasteiger partial charge < -0.3 is 10.2 Å². The van der Waals surface area contributed by atoms with Crippen molar-refractivity contribution in [3.63, 3.8) is 0 Å². The first-order valence-corrected chi connectivity index (χ1v) is 9.33. The summed E-state index contributed by atoms with van der Waals surface area (Å²) in [6.45, 7) is 6.28. The van der Waals surface area contributed by atoms with Gasteiger partial charge in [-0.2, -0.15) is 0 Å². The summed E-state index contributed by atoms with van der Waals surface area (Å²) in [7, 11) is 0. The van der Waals surface area contributed by atoms with Crippen LogP contribution in [0.5, 0.6) is 0 Å². The van der Waals surface area contributed by atoms with Crippen molar-refractivity contribution in [2.45, 2.75) is 77.4 Å². The van der Waals surface area contributed by atoms with Crippen molar-refractivity contribution in [2.75, 3.05) is 0 Å². The fourth-order valence-electron chi connectivity index (χ4n) is 6.66. The van der Waals surface area contributed by atoms with Gasteiger partial charge in [0.15, 0.2) is 5.78 Å². The Kier molecular flexibility index (Phi) is 3.23. The first-order valence-electron chi connectivity index (χ1n) is 9.33. The van der Waals surface area contributed by atoms with Crippen molar-refractivity contribution >= 4 is 5.78 Å². The van der Waals surface area contributed by atoms with Gasteiger partial charge in [-0.1, -0.05) is 25.5 Å². The molecule has 2 N–H and O–H groups in total. The number of hydrogen-bond acceptors (Lipinski definition) is 3. The summed E-state index contributed by atoms with van der Waals surface area (Å²) < 4.78 is 0. The van der Waals surface area contributed by atoms with Gasteiger partial charge in [0, 0.05) is 11.8 Å². The van der Waals surface area contributed by atoms with Crippen LogP contribution in [0.1, 0.15) is 65.7 Å². The van der Waals surface area contributed by atoms with Gasteiger partial charge in [0.25, 0.3) is 0 Å². The monoisotopic (exact) mass is 318 g/mol. The van der Waals surface area contributed by atoms with E-state index in [0.29, 0.717) is 24.2 Å². The molecule has 7 atom stereocenters. The number of allylic oxidation sites excluding steroid dienone is 1. The molecule has 0 aromatic carbocycles. The van der Waals surface area contributed by atoms with Gasteiger partial charge in [-0.3, -0.25) is 4.79 Å². The molecule has 0 aromatic heterocycles. The number of aliphatic hydroxyl groups is 2. The third-order valence-corrected chi connectivity index (χ3v) is 8.53. The molecule has 4 aliphatic carbocycles. The summed E-state index contributed by atoms with van der Waals surface area (Å²) in [5, 5.41) is 20.9. The maximum Gasteiger partial charge on any atom is 0.164 e. The number of ketones is 1. The third kappa shape index (κ3) is 1.87. The molecular weight excluding hydrogens is 288 g/mol. The highest BCUT2D eigenvalue weighted by molar-refractivity contribution is 5.90. The van der Waals surface area contributed by atoms with Gasteiger partial charge in [-0.15, -0.1) is 0 Å². The Bertz CT molecular complexity index is 577. The molecule has 0 unspecified atom stereocenters. The minimum atomic E-state index is -1.16. The van der Waals surface area contributed by atoms with E-state index < -0.39 is 5.60 Å². The third-order valence-electron chi connectivity index (χ3n) is 8.53. The summed E-state index contributed by atoms with van der Waals surface area (Å²) >= 11 is 0. The molecule has 4 aliphatic rings. The number of carbonyl (C=O) groups excluding carboxylic acids is 1. The molecule has 0 bridgehead atoms. The van der Waals surface area contributed by atoms with Crippen molar-refractivity contribution in [3.05, 3.63) is 11.6 Å². The maximum atomic E-state index is 12.4. The van der Waals surface area contributed by atoms with Gasteiger partial charge in [0.05, 0.1) is 6.10 Å². The molecule has 0 radical (unpaired) electrons. The number of carbonyl (C=O) groups is 1. The van der Waals surface area contributed by atoms with Gasteiger partial charge in [0.2, 0.25) is 0 Å². The molecule has 0 saturated heterocycles. The van der Waals surface area contributed by atoms with Crippen LogP contribution in [0.4, 0.5) is 0 Å². The van der Waals surface area contributed by atoms with Gasteiger partial charge in [-0.25, -0.2) is 0 Å². The quantitative estimate of drug-likeness (QED) is 0.674. The molecule has 3 nitrogen and oxygen atoms in total. The highest BCUT2D eigenvalue weighted by atomic mass is 16.3. The molecular formula is C20H30O3. The Morgan fingerprint density at radius 3 is 2.57 bits per heavy atom. The summed E-state index contributed by atoms with van der Waals surface area (Å²) in [6, 6.07) is 0. The van der Waals surface area contributed by atoms with Crippen LogP contribution < -0.4 is 0 Å². The number of fused-ring (bicyclic) bond motifs is 5. The molecule has 0 spiro atoms. The van der Waals surface area contributed by atoms with E-state index in [-0.39, 0.29) is 22.7 Å². The van der Waals surface area contributed by atoms with Gasteiger partial charge in [0.1, 0.15) is 5.60 Å². The lowest BCUT2D eigenvalue weighted by Crippen LogP contribution is -2.54. The largest absolute Gasteiger partial charge is 0.393 e. The van der Waals surface area contributed by atoms with Crippen LogP contribution in [0.15, 0.2) is 11.6 Å². The van der Waals surface area contributed by atoms with Crippen molar-refractivity contribution in [1.29, 1.82) is 0 Å². The molecule has 0 heterocycles. The standard InChI is InChI=1S/C20H30O3/c1-18-8-6-13(21)10-12(18)4-5-14-15(18)7-9-19(2)16(14)11-17(22)20(19,3)23/h4,13-16,21,23H,5-11H2,1-3H3/t13-,14+,15-,16-,18-,19-,20+/m0/s1.